The van der Waals surface area contributed by atoms with Crippen LogP contribution in [0.1, 0.15) is 53.9 Å². The highest BCUT2D eigenvalue weighted by Gasteiger charge is 2.19. The van der Waals surface area contributed by atoms with E-state index in [1.54, 1.807) is 4.90 Å². The largest absolute Gasteiger partial charge is 0.351 e. The minimum absolute atomic E-state index is 0.0444. The first-order valence-electron chi connectivity index (χ1n) is 6.39. The van der Waals surface area contributed by atoms with Gasteiger partial charge in [-0.2, -0.15) is 0 Å². The molecule has 17 heavy (non-hydrogen) atoms. The Balaban J connectivity index is 4.25. The SMILES string of the molecule is CCCN(CCC)C(=O)CC(=O)NC(C)(C)C. The Hall–Kier alpha value is -1.06. The fraction of sp³-hybridized carbons (Fsp3) is 0.846. The number of amides is 2. The number of hydrogen-bond acceptors (Lipinski definition) is 2. The van der Waals surface area contributed by atoms with Gasteiger partial charge in [-0.3, -0.25) is 9.59 Å². The quantitative estimate of drug-likeness (QED) is 0.724. The number of nitrogens with one attached hydrogen (secondary N) is 1. The predicted octanol–water partition coefficient (Wildman–Crippen LogP) is 1.94. The average molecular weight is 242 g/mol. The molecule has 0 rings (SSSR count). The second-order valence-corrected chi connectivity index (χ2v) is 5.36. The first-order chi connectivity index (χ1) is 7.80. The summed E-state index contributed by atoms with van der Waals surface area (Å²) in [5, 5.41) is 2.80. The van der Waals surface area contributed by atoms with Gasteiger partial charge < -0.3 is 10.2 Å². The highest BCUT2D eigenvalue weighted by atomic mass is 16.2. The zero-order valence-electron chi connectivity index (χ0n) is 11.8. The molecule has 0 aliphatic heterocycles. The third kappa shape index (κ3) is 7.77. The van der Waals surface area contributed by atoms with E-state index < -0.39 is 0 Å². The molecule has 0 aromatic heterocycles. The van der Waals surface area contributed by atoms with E-state index in [0.29, 0.717) is 0 Å². The van der Waals surface area contributed by atoms with Crippen LogP contribution in [-0.4, -0.2) is 35.3 Å². The molecule has 0 saturated heterocycles. The Kier molecular flexibility index (Phi) is 6.85. The Bertz CT molecular complexity index is 251. The molecule has 0 heterocycles. The van der Waals surface area contributed by atoms with Crippen LogP contribution >= 0.6 is 0 Å². The summed E-state index contributed by atoms with van der Waals surface area (Å²) in [6.45, 7) is 11.3. The van der Waals surface area contributed by atoms with Crippen LogP contribution in [0.2, 0.25) is 0 Å². The van der Waals surface area contributed by atoms with Gasteiger partial charge in [-0.15, -0.1) is 0 Å². The van der Waals surface area contributed by atoms with E-state index in [2.05, 4.69) is 5.32 Å². The number of nitrogens with zero attached hydrogens (tertiary/aromatic N) is 1. The number of rotatable bonds is 6. The molecule has 0 aliphatic rings. The molecule has 0 radical (unpaired) electrons. The van der Waals surface area contributed by atoms with Gasteiger partial charge >= 0.3 is 0 Å². The van der Waals surface area contributed by atoms with E-state index >= 15 is 0 Å². The maximum absolute atomic E-state index is 11.9. The van der Waals surface area contributed by atoms with Gasteiger partial charge in [-0.25, -0.2) is 0 Å². The molecule has 0 unspecified atom stereocenters. The minimum Gasteiger partial charge on any atom is -0.351 e. The van der Waals surface area contributed by atoms with Gasteiger partial charge in [-0.1, -0.05) is 13.8 Å². The first kappa shape index (κ1) is 15.9. The van der Waals surface area contributed by atoms with E-state index in [1.807, 2.05) is 34.6 Å². The molecule has 2 amide bonds. The molecule has 4 heteroatoms. The van der Waals surface area contributed by atoms with Gasteiger partial charge in [0.1, 0.15) is 6.42 Å². The predicted molar refractivity (Wildman–Crippen MR) is 69.7 cm³/mol. The van der Waals surface area contributed by atoms with Crippen molar-refractivity contribution < 1.29 is 9.59 Å². The smallest absolute Gasteiger partial charge is 0.232 e. The maximum atomic E-state index is 11.9. The molecule has 0 bridgehead atoms. The van der Waals surface area contributed by atoms with Crippen molar-refractivity contribution in [2.24, 2.45) is 0 Å². The Morgan fingerprint density at radius 1 is 1.06 bits per heavy atom. The van der Waals surface area contributed by atoms with Crippen molar-refractivity contribution >= 4 is 11.8 Å². The third-order valence-electron chi connectivity index (χ3n) is 2.17. The summed E-state index contributed by atoms with van der Waals surface area (Å²) in [6, 6.07) is 0. The van der Waals surface area contributed by atoms with Crippen molar-refractivity contribution in [3.8, 4) is 0 Å². The molecule has 0 spiro atoms. The Morgan fingerprint density at radius 3 is 1.88 bits per heavy atom. The normalized spacial score (nSPS) is 11.1. The molecular weight excluding hydrogens is 216 g/mol. The molecular formula is C13H26N2O2. The van der Waals surface area contributed by atoms with Crippen molar-refractivity contribution in [3.63, 3.8) is 0 Å². The number of carbonyl (C=O) groups is 2. The van der Waals surface area contributed by atoms with Gasteiger partial charge in [-0.05, 0) is 33.6 Å². The first-order valence-corrected chi connectivity index (χ1v) is 6.39. The van der Waals surface area contributed by atoms with Crippen molar-refractivity contribution in [1.82, 2.24) is 10.2 Å². The van der Waals surface area contributed by atoms with Crippen LogP contribution in [0.4, 0.5) is 0 Å². The van der Waals surface area contributed by atoms with E-state index in [-0.39, 0.29) is 23.8 Å². The summed E-state index contributed by atoms with van der Waals surface area (Å²) in [4.78, 5) is 25.3. The van der Waals surface area contributed by atoms with Gasteiger partial charge in [0.2, 0.25) is 11.8 Å². The van der Waals surface area contributed by atoms with Crippen LogP contribution in [0.25, 0.3) is 0 Å². The highest BCUT2D eigenvalue weighted by molar-refractivity contribution is 5.97. The molecule has 0 saturated carbocycles. The van der Waals surface area contributed by atoms with Crippen LogP contribution in [0.3, 0.4) is 0 Å². The van der Waals surface area contributed by atoms with Gasteiger partial charge in [0.15, 0.2) is 0 Å². The fourth-order valence-electron chi connectivity index (χ4n) is 1.61. The summed E-state index contributed by atoms with van der Waals surface area (Å²) in [5.74, 6) is -0.268. The molecule has 0 aromatic carbocycles. The molecule has 0 atom stereocenters. The van der Waals surface area contributed by atoms with Crippen molar-refractivity contribution in [3.05, 3.63) is 0 Å². The minimum atomic E-state index is -0.280. The lowest BCUT2D eigenvalue weighted by Gasteiger charge is -2.24. The lowest BCUT2D eigenvalue weighted by molar-refractivity contribution is -0.136. The van der Waals surface area contributed by atoms with Crippen molar-refractivity contribution in [1.29, 1.82) is 0 Å². The van der Waals surface area contributed by atoms with E-state index in [4.69, 9.17) is 0 Å². The molecule has 0 aliphatic carbocycles. The van der Waals surface area contributed by atoms with Crippen LogP contribution in [0.5, 0.6) is 0 Å². The van der Waals surface area contributed by atoms with Crippen molar-refractivity contribution in [2.45, 2.75) is 59.4 Å². The number of hydrogen-bond donors (Lipinski definition) is 1. The lowest BCUT2D eigenvalue weighted by Crippen LogP contribution is -2.43. The summed E-state index contributed by atoms with van der Waals surface area (Å²) < 4.78 is 0. The van der Waals surface area contributed by atoms with Crippen LogP contribution < -0.4 is 5.32 Å². The Labute approximate surface area is 105 Å². The van der Waals surface area contributed by atoms with Crippen LogP contribution in [0.15, 0.2) is 0 Å². The Morgan fingerprint density at radius 2 is 1.53 bits per heavy atom. The zero-order valence-corrected chi connectivity index (χ0v) is 11.8. The highest BCUT2D eigenvalue weighted by Crippen LogP contribution is 2.02. The standard InChI is InChI=1S/C13H26N2O2/c1-6-8-15(9-7-2)12(17)10-11(16)14-13(3,4)5/h6-10H2,1-5H3,(H,14,16). The second kappa shape index (κ2) is 7.30. The summed E-state index contributed by atoms with van der Waals surface area (Å²) in [6.07, 6.45) is 1.80. The summed E-state index contributed by atoms with van der Waals surface area (Å²) in [7, 11) is 0. The molecule has 100 valence electrons. The van der Waals surface area contributed by atoms with Crippen LogP contribution in [-0.2, 0) is 9.59 Å². The average Bonchev–Trinajstić information content (AvgIpc) is 2.14. The molecule has 0 fully saturated rings. The van der Waals surface area contributed by atoms with E-state index in [0.717, 1.165) is 25.9 Å². The third-order valence-corrected chi connectivity index (χ3v) is 2.17. The molecule has 0 aromatic rings. The number of carbonyl (C=O) groups excluding carboxylic acids is 2. The van der Waals surface area contributed by atoms with Crippen molar-refractivity contribution in [2.75, 3.05) is 13.1 Å². The lowest BCUT2D eigenvalue weighted by atomic mass is 10.1. The van der Waals surface area contributed by atoms with E-state index in [1.165, 1.54) is 0 Å². The molecule has 1 N–H and O–H groups in total. The maximum Gasteiger partial charge on any atom is 0.232 e. The molecule has 4 nitrogen and oxygen atoms in total. The second-order valence-electron chi connectivity index (χ2n) is 5.36. The van der Waals surface area contributed by atoms with Gasteiger partial charge in [0.05, 0.1) is 0 Å². The fourth-order valence-corrected chi connectivity index (χ4v) is 1.61. The topological polar surface area (TPSA) is 49.4 Å². The van der Waals surface area contributed by atoms with Crippen LogP contribution in [0, 0.1) is 0 Å². The van der Waals surface area contributed by atoms with E-state index in [9.17, 15) is 9.59 Å². The summed E-state index contributed by atoms with van der Waals surface area (Å²) >= 11 is 0. The monoisotopic (exact) mass is 242 g/mol. The zero-order chi connectivity index (χ0) is 13.5. The van der Waals surface area contributed by atoms with Gasteiger partial charge in [0.25, 0.3) is 0 Å². The van der Waals surface area contributed by atoms with Gasteiger partial charge in [0, 0.05) is 18.6 Å². The summed E-state index contributed by atoms with van der Waals surface area (Å²) in [5.41, 5.74) is -0.280.